The first kappa shape index (κ1) is 22.1. The Bertz CT molecular complexity index is 1480. The highest BCUT2D eigenvalue weighted by Gasteiger charge is 2.27. The standard InChI is InChI=1S/C17H13N3O9S2/c18-11-6-5-8-10(16(11)31(27,28)29)7-13(30(24,25)26)14(15(8)21)20-19-12-4-2-1-3-9(12)17(22)23/h1-7,21H,18H2,(H,22,23)(H,24,25,26)(H,27,28,29). The van der Waals surface area contributed by atoms with E-state index < -0.39 is 58.5 Å². The molecule has 14 heteroatoms. The van der Waals surface area contributed by atoms with Crippen LogP contribution >= 0.6 is 0 Å². The van der Waals surface area contributed by atoms with Crippen LogP contribution in [0.1, 0.15) is 10.4 Å². The van der Waals surface area contributed by atoms with E-state index >= 15 is 0 Å². The lowest BCUT2D eigenvalue weighted by Crippen LogP contribution is -2.06. The van der Waals surface area contributed by atoms with E-state index in [4.69, 9.17) is 5.73 Å². The summed E-state index contributed by atoms with van der Waals surface area (Å²) in [5.74, 6) is -2.26. The molecule has 0 unspecified atom stereocenters. The fraction of sp³-hybridized carbons (Fsp3) is 0. The normalized spacial score (nSPS) is 12.5. The number of anilines is 1. The minimum absolute atomic E-state index is 0.188. The van der Waals surface area contributed by atoms with E-state index in [2.05, 4.69) is 10.2 Å². The fourth-order valence-electron chi connectivity index (χ4n) is 2.84. The maximum absolute atomic E-state index is 11.9. The lowest BCUT2D eigenvalue weighted by molar-refractivity contribution is 0.0697. The third-order valence-electron chi connectivity index (χ3n) is 4.14. The van der Waals surface area contributed by atoms with Crippen LogP contribution in [0.5, 0.6) is 5.75 Å². The lowest BCUT2D eigenvalue weighted by Gasteiger charge is -2.12. The molecule has 3 rings (SSSR count). The van der Waals surface area contributed by atoms with Gasteiger partial charge in [0.25, 0.3) is 20.2 Å². The van der Waals surface area contributed by atoms with Crippen molar-refractivity contribution in [3.63, 3.8) is 0 Å². The van der Waals surface area contributed by atoms with Crippen molar-refractivity contribution in [2.45, 2.75) is 9.79 Å². The molecule has 3 aromatic rings. The van der Waals surface area contributed by atoms with Crippen molar-refractivity contribution in [1.82, 2.24) is 0 Å². The van der Waals surface area contributed by atoms with Crippen molar-refractivity contribution >= 4 is 54.0 Å². The van der Waals surface area contributed by atoms with E-state index in [1.165, 1.54) is 24.3 Å². The van der Waals surface area contributed by atoms with Gasteiger partial charge in [-0.15, -0.1) is 10.2 Å². The quantitative estimate of drug-likeness (QED) is 0.210. The summed E-state index contributed by atoms with van der Waals surface area (Å²) in [6, 6.07) is 8.14. The van der Waals surface area contributed by atoms with Crippen LogP contribution in [0.3, 0.4) is 0 Å². The Morgan fingerprint density at radius 1 is 0.903 bits per heavy atom. The molecule has 6 N–H and O–H groups in total. The number of rotatable bonds is 5. The summed E-state index contributed by atoms with van der Waals surface area (Å²) in [7, 11) is -10.1. The van der Waals surface area contributed by atoms with Crippen molar-refractivity contribution in [2.75, 3.05) is 5.73 Å². The zero-order valence-electron chi connectivity index (χ0n) is 15.2. The van der Waals surface area contributed by atoms with Gasteiger partial charge in [0.2, 0.25) is 0 Å². The molecule has 162 valence electrons. The first-order valence-electron chi connectivity index (χ1n) is 8.09. The van der Waals surface area contributed by atoms with Crippen LogP contribution in [0, 0.1) is 0 Å². The van der Waals surface area contributed by atoms with Crippen molar-refractivity contribution < 1.29 is 40.9 Å². The molecular formula is C17H13N3O9S2. The molecule has 0 aliphatic carbocycles. The van der Waals surface area contributed by atoms with Gasteiger partial charge in [0.1, 0.15) is 21.2 Å². The topological polar surface area (TPSA) is 217 Å². The van der Waals surface area contributed by atoms with Crippen LogP contribution < -0.4 is 5.73 Å². The summed E-state index contributed by atoms with van der Waals surface area (Å²) in [5, 5.41) is 26.2. The second-order valence-corrected chi connectivity index (χ2v) is 8.87. The SMILES string of the molecule is Nc1ccc2c(O)c(N=Nc3ccccc3C(=O)O)c(S(=O)(=O)O)cc2c1S(=O)(=O)O. The van der Waals surface area contributed by atoms with E-state index in [0.717, 1.165) is 12.1 Å². The van der Waals surface area contributed by atoms with Crippen molar-refractivity contribution in [3.05, 3.63) is 48.0 Å². The average molecular weight is 467 g/mol. The highest BCUT2D eigenvalue weighted by molar-refractivity contribution is 7.86. The summed E-state index contributed by atoms with van der Waals surface area (Å²) in [4.78, 5) is 9.35. The molecule has 0 saturated heterocycles. The Hall–Kier alpha value is -3.59. The van der Waals surface area contributed by atoms with E-state index in [9.17, 15) is 40.9 Å². The van der Waals surface area contributed by atoms with Gasteiger partial charge < -0.3 is 15.9 Å². The van der Waals surface area contributed by atoms with Crippen LogP contribution in [0.15, 0.2) is 62.5 Å². The molecule has 0 bridgehead atoms. The first-order chi connectivity index (χ1) is 14.3. The predicted octanol–water partition coefficient (Wildman–Crippen LogP) is 2.73. The average Bonchev–Trinajstić information content (AvgIpc) is 2.65. The van der Waals surface area contributed by atoms with Crippen LogP contribution in [0.2, 0.25) is 0 Å². The summed E-state index contributed by atoms with van der Waals surface area (Å²) < 4.78 is 66.3. The van der Waals surface area contributed by atoms with E-state index in [-0.39, 0.29) is 16.6 Å². The highest BCUT2D eigenvalue weighted by Crippen LogP contribution is 2.44. The van der Waals surface area contributed by atoms with E-state index in [1.54, 1.807) is 0 Å². The molecule has 0 aromatic heterocycles. The molecule has 0 amide bonds. The lowest BCUT2D eigenvalue weighted by atomic mass is 10.1. The zero-order valence-corrected chi connectivity index (χ0v) is 16.8. The zero-order chi connectivity index (χ0) is 23.1. The fourth-order valence-corrected chi connectivity index (χ4v) is 4.30. The van der Waals surface area contributed by atoms with E-state index in [0.29, 0.717) is 6.07 Å². The predicted molar refractivity (Wildman–Crippen MR) is 107 cm³/mol. The van der Waals surface area contributed by atoms with E-state index in [1.807, 2.05) is 0 Å². The smallest absolute Gasteiger partial charge is 0.337 e. The molecule has 31 heavy (non-hydrogen) atoms. The van der Waals surface area contributed by atoms with Gasteiger partial charge in [-0.05, 0) is 30.3 Å². The number of phenols is 1. The minimum Gasteiger partial charge on any atom is -0.505 e. The number of nitrogen functional groups attached to an aromatic ring is 1. The van der Waals surface area contributed by atoms with Crippen LogP contribution in [-0.2, 0) is 20.2 Å². The molecule has 0 aliphatic rings. The van der Waals surface area contributed by atoms with Gasteiger partial charge in [0.05, 0.1) is 11.3 Å². The molecule has 0 aliphatic heterocycles. The Morgan fingerprint density at radius 3 is 2.13 bits per heavy atom. The first-order valence-corrected chi connectivity index (χ1v) is 11.0. The molecule has 0 atom stereocenters. The highest BCUT2D eigenvalue weighted by atomic mass is 32.2. The van der Waals surface area contributed by atoms with Gasteiger partial charge in [0.15, 0.2) is 5.75 Å². The molecule has 0 radical (unpaired) electrons. The Kier molecular flexibility index (Phi) is 5.41. The van der Waals surface area contributed by atoms with Gasteiger partial charge in [0, 0.05) is 10.8 Å². The Morgan fingerprint density at radius 2 is 1.55 bits per heavy atom. The third-order valence-corrected chi connectivity index (χ3v) is 5.98. The largest absolute Gasteiger partial charge is 0.505 e. The van der Waals surface area contributed by atoms with Gasteiger partial charge >= 0.3 is 5.97 Å². The number of phenolic OH excluding ortho intramolecular Hbond substituents is 1. The molecule has 0 heterocycles. The van der Waals surface area contributed by atoms with Gasteiger partial charge in [-0.3, -0.25) is 9.11 Å². The Balaban J connectivity index is 2.39. The number of benzene rings is 3. The maximum atomic E-state index is 11.9. The van der Waals surface area contributed by atoms with Crippen LogP contribution in [0.25, 0.3) is 10.8 Å². The number of carboxylic acids is 1. The second kappa shape index (κ2) is 7.59. The number of nitrogens with two attached hydrogens (primary N) is 1. The van der Waals surface area contributed by atoms with Gasteiger partial charge in [-0.25, -0.2) is 4.79 Å². The number of carboxylic acid groups (broad SMARTS) is 1. The van der Waals surface area contributed by atoms with Gasteiger partial charge in [-0.2, -0.15) is 16.8 Å². The molecular weight excluding hydrogens is 454 g/mol. The number of aromatic hydroxyl groups is 1. The summed E-state index contributed by atoms with van der Waals surface area (Å²) in [6.07, 6.45) is 0. The molecule has 3 aromatic carbocycles. The minimum atomic E-state index is -5.10. The van der Waals surface area contributed by atoms with Crippen LogP contribution in [-0.4, -0.2) is 42.1 Å². The number of nitrogens with zero attached hydrogens (tertiary/aromatic N) is 2. The van der Waals surface area contributed by atoms with Crippen LogP contribution in [0.4, 0.5) is 17.1 Å². The summed E-state index contributed by atoms with van der Waals surface area (Å²) >= 11 is 0. The molecule has 0 fully saturated rings. The Labute approximate surface area is 174 Å². The van der Waals surface area contributed by atoms with Gasteiger partial charge in [-0.1, -0.05) is 12.1 Å². The number of hydrogen-bond acceptors (Lipinski definition) is 9. The maximum Gasteiger partial charge on any atom is 0.337 e. The number of azo groups is 1. The second-order valence-electron chi connectivity index (χ2n) is 6.12. The van der Waals surface area contributed by atoms with Crippen molar-refractivity contribution in [3.8, 4) is 5.75 Å². The van der Waals surface area contributed by atoms with Crippen molar-refractivity contribution in [2.24, 2.45) is 10.2 Å². The molecule has 0 saturated carbocycles. The summed E-state index contributed by atoms with van der Waals surface area (Å²) in [5.41, 5.74) is 3.87. The molecule has 0 spiro atoms. The number of aromatic carboxylic acids is 1. The number of fused-ring (bicyclic) bond motifs is 1. The third kappa shape index (κ3) is 4.17. The number of carbonyl (C=O) groups is 1. The number of hydrogen-bond donors (Lipinski definition) is 5. The van der Waals surface area contributed by atoms with Crippen molar-refractivity contribution in [1.29, 1.82) is 0 Å². The monoisotopic (exact) mass is 467 g/mol. The summed E-state index contributed by atoms with van der Waals surface area (Å²) in [6.45, 7) is 0. The molecule has 12 nitrogen and oxygen atoms in total.